The number of nitrogens with zero attached hydrogens (tertiary/aromatic N) is 3. The SMILES string of the molecule is C=C(/C=C(/COC/C=C/CCCOC)C(=C)OCCN1CCCC1)Nc1nccc(-c2ccc(OC)cc2)n1. The lowest BCUT2D eigenvalue weighted by atomic mass is 10.1. The lowest BCUT2D eigenvalue weighted by molar-refractivity contribution is 0.155. The number of ether oxygens (including phenoxy) is 4. The summed E-state index contributed by atoms with van der Waals surface area (Å²) in [4.78, 5) is 11.4. The summed E-state index contributed by atoms with van der Waals surface area (Å²) in [5, 5.41) is 3.19. The first-order chi connectivity index (χ1) is 19.1. The molecule has 210 valence electrons. The van der Waals surface area contributed by atoms with E-state index in [9.17, 15) is 0 Å². The van der Waals surface area contributed by atoms with Gasteiger partial charge in [0.05, 0.1) is 26.0 Å². The first kappa shape index (κ1) is 30.1. The molecule has 1 aromatic carbocycles. The molecule has 1 aliphatic heterocycles. The predicted octanol–water partition coefficient (Wildman–Crippen LogP) is 5.63. The van der Waals surface area contributed by atoms with E-state index in [1.807, 2.05) is 42.5 Å². The Kier molecular flexibility index (Phi) is 13.3. The maximum absolute atomic E-state index is 6.01. The van der Waals surface area contributed by atoms with Gasteiger partial charge in [0.1, 0.15) is 18.1 Å². The van der Waals surface area contributed by atoms with Crippen molar-refractivity contribution in [3.63, 3.8) is 0 Å². The van der Waals surface area contributed by atoms with E-state index in [0.29, 0.717) is 37.2 Å². The molecule has 0 unspecified atom stereocenters. The van der Waals surface area contributed by atoms with Crippen molar-refractivity contribution in [2.45, 2.75) is 25.7 Å². The molecule has 8 nitrogen and oxygen atoms in total. The quantitative estimate of drug-likeness (QED) is 0.114. The summed E-state index contributed by atoms with van der Waals surface area (Å²) in [5.74, 6) is 1.82. The number of benzene rings is 1. The normalized spacial score (nSPS) is 14.1. The second-order valence-electron chi connectivity index (χ2n) is 9.26. The van der Waals surface area contributed by atoms with Crippen molar-refractivity contribution in [3.8, 4) is 17.0 Å². The molecule has 39 heavy (non-hydrogen) atoms. The van der Waals surface area contributed by atoms with E-state index in [-0.39, 0.29) is 0 Å². The van der Waals surface area contributed by atoms with Gasteiger partial charge in [-0.3, -0.25) is 4.90 Å². The molecule has 1 fully saturated rings. The summed E-state index contributed by atoms with van der Waals surface area (Å²) in [7, 11) is 3.36. The van der Waals surface area contributed by atoms with Crippen molar-refractivity contribution in [1.82, 2.24) is 14.9 Å². The fourth-order valence-electron chi connectivity index (χ4n) is 4.10. The van der Waals surface area contributed by atoms with Crippen LogP contribution >= 0.6 is 0 Å². The Morgan fingerprint density at radius 1 is 1.05 bits per heavy atom. The molecule has 0 atom stereocenters. The van der Waals surface area contributed by atoms with Crippen molar-refractivity contribution >= 4 is 5.95 Å². The molecule has 3 rings (SSSR count). The molecule has 0 bridgehead atoms. The molecule has 0 spiro atoms. The minimum absolute atomic E-state index is 0.346. The third kappa shape index (κ3) is 11.0. The first-order valence-corrected chi connectivity index (χ1v) is 13.5. The highest BCUT2D eigenvalue weighted by Gasteiger charge is 2.12. The third-order valence-corrected chi connectivity index (χ3v) is 6.26. The van der Waals surface area contributed by atoms with E-state index in [1.54, 1.807) is 20.4 Å². The zero-order valence-electron chi connectivity index (χ0n) is 23.4. The Labute approximate surface area is 233 Å². The number of anilines is 1. The molecule has 2 heterocycles. The standard InChI is InChI=1S/C31H42N4O4/c1-25(33-31-32-16-15-30(34-31)27-11-13-29(37-4)14-12-27)23-28(24-38-21-10-6-5-9-20-36-3)26(2)39-22-19-35-17-7-8-18-35/h6,10-16,23H,1-2,5,7-9,17-22,24H2,3-4H3,(H,32,33,34)/b10-6+,28-23-. The van der Waals surface area contributed by atoms with Gasteiger partial charge in [-0.05, 0) is 75.2 Å². The number of hydrogen-bond acceptors (Lipinski definition) is 8. The Morgan fingerprint density at radius 2 is 1.85 bits per heavy atom. The van der Waals surface area contributed by atoms with E-state index in [4.69, 9.17) is 18.9 Å². The summed E-state index contributed by atoms with van der Waals surface area (Å²) in [6.07, 6.45) is 12.2. The van der Waals surface area contributed by atoms with Crippen LogP contribution in [0.1, 0.15) is 25.7 Å². The van der Waals surface area contributed by atoms with E-state index in [2.05, 4.69) is 39.4 Å². The average molecular weight is 535 g/mol. The maximum atomic E-state index is 6.01. The van der Waals surface area contributed by atoms with Crippen molar-refractivity contribution in [2.24, 2.45) is 0 Å². The largest absolute Gasteiger partial charge is 0.497 e. The van der Waals surface area contributed by atoms with E-state index in [1.165, 1.54) is 12.8 Å². The number of aromatic nitrogens is 2. The fraction of sp³-hybridized carbons (Fsp3) is 0.419. The fourth-order valence-corrected chi connectivity index (χ4v) is 4.10. The lowest BCUT2D eigenvalue weighted by Crippen LogP contribution is -2.24. The summed E-state index contributed by atoms with van der Waals surface area (Å²) < 4.78 is 22.2. The molecule has 0 aliphatic carbocycles. The Morgan fingerprint density at radius 3 is 2.59 bits per heavy atom. The van der Waals surface area contributed by atoms with Crippen LogP contribution in [0, 0.1) is 0 Å². The van der Waals surface area contributed by atoms with Crippen LogP contribution in [0.3, 0.4) is 0 Å². The number of hydrogen-bond donors (Lipinski definition) is 1. The van der Waals surface area contributed by atoms with Gasteiger partial charge in [0.15, 0.2) is 0 Å². The van der Waals surface area contributed by atoms with Gasteiger partial charge in [-0.15, -0.1) is 0 Å². The molecule has 0 radical (unpaired) electrons. The van der Waals surface area contributed by atoms with Crippen molar-refractivity contribution in [3.05, 3.63) is 84.9 Å². The second-order valence-corrected chi connectivity index (χ2v) is 9.26. The van der Waals surface area contributed by atoms with E-state index >= 15 is 0 Å². The maximum Gasteiger partial charge on any atom is 0.227 e. The smallest absolute Gasteiger partial charge is 0.227 e. The average Bonchev–Trinajstić information content (AvgIpc) is 3.47. The Balaban J connectivity index is 1.60. The van der Waals surface area contributed by atoms with Crippen molar-refractivity contribution < 1.29 is 18.9 Å². The first-order valence-electron chi connectivity index (χ1n) is 13.5. The van der Waals surface area contributed by atoms with Crippen LogP contribution in [-0.2, 0) is 14.2 Å². The third-order valence-electron chi connectivity index (χ3n) is 6.26. The zero-order valence-corrected chi connectivity index (χ0v) is 23.4. The monoisotopic (exact) mass is 534 g/mol. The number of unbranched alkanes of at least 4 members (excludes halogenated alkanes) is 1. The summed E-state index contributed by atoms with van der Waals surface area (Å²) in [5.41, 5.74) is 3.18. The Hall–Kier alpha value is -3.46. The molecule has 1 N–H and O–H groups in total. The summed E-state index contributed by atoms with van der Waals surface area (Å²) >= 11 is 0. The molecule has 2 aromatic rings. The molecule has 1 aromatic heterocycles. The molecule has 0 saturated carbocycles. The highest BCUT2D eigenvalue weighted by atomic mass is 16.5. The van der Waals surface area contributed by atoms with Gasteiger partial charge in [0.2, 0.25) is 5.95 Å². The minimum atomic E-state index is 0.346. The Bertz CT molecular complexity index is 1090. The zero-order chi connectivity index (χ0) is 27.7. The van der Waals surface area contributed by atoms with Gasteiger partial charge < -0.3 is 24.3 Å². The lowest BCUT2D eigenvalue weighted by Gasteiger charge is -2.18. The number of likely N-dealkylation sites (tertiary alicyclic amines) is 1. The number of rotatable bonds is 18. The van der Waals surface area contributed by atoms with Crippen LogP contribution in [0.5, 0.6) is 5.75 Å². The topological polar surface area (TPSA) is 78.0 Å². The minimum Gasteiger partial charge on any atom is -0.497 e. The van der Waals surface area contributed by atoms with Gasteiger partial charge in [-0.1, -0.05) is 25.3 Å². The van der Waals surface area contributed by atoms with E-state index < -0.39 is 0 Å². The van der Waals surface area contributed by atoms with Gasteiger partial charge in [-0.2, -0.15) is 0 Å². The molecule has 1 saturated heterocycles. The summed E-state index contributed by atoms with van der Waals surface area (Å²) in [6.45, 7) is 13.7. The van der Waals surface area contributed by atoms with Crippen LogP contribution in [0.4, 0.5) is 5.95 Å². The van der Waals surface area contributed by atoms with Crippen LogP contribution in [0.2, 0.25) is 0 Å². The number of methoxy groups -OCH3 is 2. The van der Waals surface area contributed by atoms with Crippen LogP contribution in [-0.4, -0.2) is 75.1 Å². The second kappa shape index (κ2) is 17.2. The van der Waals surface area contributed by atoms with Crippen LogP contribution in [0.15, 0.2) is 84.9 Å². The molecular weight excluding hydrogens is 492 g/mol. The van der Waals surface area contributed by atoms with Gasteiger partial charge in [0, 0.05) is 43.3 Å². The van der Waals surface area contributed by atoms with E-state index in [0.717, 1.165) is 61.7 Å². The highest BCUT2D eigenvalue weighted by molar-refractivity contribution is 5.61. The highest BCUT2D eigenvalue weighted by Crippen LogP contribution is 2.22. The van der Waals surface area contributed by atoms with Crippen molar-refractivity contribution in [2.75, 3.05) is 65.6 Å². The molecule has 8 heteroatoms. The van der Waals surface area contributed by atoms with Crippen molar-refractivity contribution in [1.29, 1.82) is 0 Å². The van der Waals surface area contributed by atoms with Crippen LogP contribution < -0.4 is 10.1 Å². The van der Waals surface area contributed by atoms with Crippen LogP contribution in [0.25, 0.3) is 11.3 Å². The molecular formula is C31H42N4O4. The molecule has 0 amide bonds. The number of nitrogens with one attached hydrogen (secondary N) is 1. The van der Waals surface area contributed by atoms with Gasteiger partial charge in [-0.25, -0.2) is 9.97 Å². The summed E-state index contributed by atoms with van der Waals surface area (Å²) in [6, 6.07) is 9.60. The predicted molar refractivity (Wildman–Crippen MR) is 157 cm³/mol. The van der Waals surface area contributed by atoms with Gasteiger partial charge in [0.25, 0.3) is 0 Å². The van der Waals surface area contributed by atoms with Gasteiger partial charge >= 0.3 is 0 Å². The number of allylic oxidation sites excluding steroid dienone is 2. The molecule has 1 aliphatic rings.